The summed E-state index contributed by atoms with van der Waals surface area (Å²) in [7, 11) is 1.95. The molecule has 33 heavy (non-hydrogen) atoms. The number of thioether (sulfide) groups is 1. The smallest absolute Gasteiger partial charge is 0.294 e. The van der Waals surface area contributed by atoms with Crippen LogP contribution >= 0.6 is 11.8 Å². The summed E-state index contributed by atoms with van der Waals surface area (Å²) in [6.45, 7) is 5.96. The lowest BCUT2D eigenvalue weighted by Crippen LogP contribution is -2.45. The Morgan fingerprint density at radius 1 is 1.24 bits per heavy atom. The van der Waals surface area contributed by atoms with Crippen LogP contribution in [0.5, 0.6) is 0 Å². The molecule has 2 aromatic rings. The second kappa shape index (κ2) is 8.67. The molecule has 1 fully saturated rings. The van der Waals surface area contributed by atoms with E-state index in [0.29, 0.717) is 17.4 Å². The van der Waals surface area contributed by atoms with E-state index in [2.05, 4.69) is 31.0 Å². The highest BCUT2D eigenvalue weighted by Crippen LogP contribution is 2.44. The van der Waals surface area contributed by atoms with Crippen molar-refractivity contribution in [1.82, 2.24) is 4.90 Å². The molecule has 1 unspecified atom stereocenters. The molecule has 0 bridgehead atoms. The molecule has 2 aliphatic heterocycles. The zero-order valence-corrected chi connectivity index (χ0v) is 19.8. The monoisotopic (exact) mass is 467 g/mol. The van der Waals surface area contributed by atoms with Crippen molar-refractivity contribution in [3.05, 3.63) is 64.3 Å². The SMILES string of the molecule is CC1CC(C)(C)N(C)c2cc(F)c(/C=C3/SC(=O)N(CC(=O)Nc4ccccc4)C3=O)cc21. The van der Waals surface area contributed by atoms with Gasteiger partial charge in [0.1, 0.15) is 12.4 Å². The summed E-state index contributed by atoms with van der Waals surface area (Å²) < 4.78 is 15.0. The van der Waals surface area contributed by atoms with Crippen molar-refractivity contribution < 1.29 is 18.8 Å². The molecule has 1 atom stereocenters. The Bertz CT molecular complexity index is 1160. The van der Waals surface area contributed by atoms with Crippen LogP contribution in [-0.4, -0.2) is 41.1 Å². The molecular formula is C25H26FN3O3S. The number of benzene rings is 2. The number of para-hydroxylation sites is 1. The van der Waals surface area contributed by atoms with E-state index in [1.807, 2.05) is 13.1 Å². The van der Waals surface area contributed by atoms with Gasteiger partial charge in [0, 0.05) is 29.5 Å². The summed E-state index contributed by atoms with van der Waals surface area (Å²) >= 11 is 0.714. The number of amides is 3. The molecule has 3 amide bonds. The summed E-state index contributed by atoms with van der Waals surface area (Å²) in [5.41, 5.74) is 2.57. The molecule has 0 saturated carbocycles. The minimum Gasteiger partial charge on any atom is -0.369 e. The Labute approximate surface area is 196 Å². The molecule has 8 heteroatoms. The standard InChI is InChI=1S/C25H26FN3O3S/c1-15-13-25(2,3)28(4)20-12-19(26)16(10-18(15)20)11-21-23(31)29(24(32)33-21)14-22(30)27-17-8-6-5-7-9-17/h5-12,15H,13-14H2,1-4H3,(H,27,30)/b21-11+. The lowest BCUT2D eigenvalue weighted by atomic mass is 9.80. The molecule has 6 nitrogen and oxygen atoms in total. The highest BCUT2D eigenvalue weighted by atomic mass is 32.2. The first-order valence-electron chi connectivity index (χ1n) is 10.7. The molecule has 172 valence electrons. The lowest BCUT2D eigenvalue weighted by Gasteiger charge is -2.45. The van der Waals surface area contributed by atoms with Gasteiger partial charge in [0.15, 0.2) is 0 Å². The average molecular weight is 468 g/mol. The fraction of sp³-hybridized carbons (Fsp3) is 0.320. The normalized spacial score (nSPS) is 20.9. The van der Waals surface area contributed by atoms with E-state index < -0.39 is 29.4 Å². The molecular weight excluding hydrogens is 441 g/mol. The molecule has 0 aromatic heterocycles. The summed E-state index contributed by atoms with van der Waals surface area (Å²) in [6, 6.07) is 12.0. The van der Waals surface area contributed by atoms with Crippen LogP contribution in [0.3, 0.4) is 0 Å². The number of carbonyl (C=O) groups excluding carboxylic acids is 3. The zero-order chi connectivity index (χ0) is 23.9. The maximum atomic E-state index is 15.0. The molecule has 1 saturated heterocycles. The number of hydrogen-bond donors (Lipinski definition) is 1. The molecule has 0 aliphatic carbocycles. The fourth-order valence-electron chi connectivity index (χ4n) is 4.36. The summed E-state index contributed by atoms with van der Waals surface area (Å²) in [6.07, 6.45) is 2.32. The van der Waals surface area contributed by atoms with Gasteiger partial charge >= 0.3 is 0 Å². The number of nitrogens with one attached hydrogen (secondary N) is 1. The molecule has 1 N–H and O–H groups in total. The van der Waals surface area contributed by atoms with Gasteiger partial charge in [-0.25, -0.2) is 4.39 Å². The van der Waals surface area contributed by atoms with Gasteiger partial charge in [-0.05, 0) is 73.9 Å². The summed E-state index contributed by atoms with van der Waals surface area (Å²) in [5.74, 6) is -1.32. The third kappa shape index (κ3) is 4.53. The highest BCUT2D eigenvalue weighted by Gasteiger charge is 2.37. The lowest BCUT2D eigenvalue weighted by molar-refractivity contribution is -0.127. The molecule has 0 spiro atoms. The van der Waals surface area contributed by atoms with Gasteiger partial charge in [-0.3, -0.25) is 19.3 Å². The number of halogens is 1. The van der Waals surface area contributed by atoms with E-state index in [4.69, 9.17) is 0 Å². The van der Waals surface area contributed by atoms with Gasteiger partial charge in [0.2, 0.25) is 5.91 Å². The first kappa shape index (κ1) is 23.0. The van der Waals surface area contributed by atoms with Crippen LogP contribution in [0.1, 0.15) is 44.2 Å². The predicted octanol–water partition coefficient (Wildman–Crippen LogP) is 5.22. The quantitative estimate of drug-likeness (QED) is 0.624. The average Bonchev–Trinajstić information content (AvgIpc) is 3.01. The number of hydrogen-bond acceptors (Lipinski definition) is 5. The van der Waals surface area contributed by atoms with Crippen LogP contribution < -0.4 is 10.2 Å². The second-order valence-electron chi connectivity index (χ2n) is 9.09. The maximum absolute atomic E-state index is 15.0. The number of anilines is 2. The van der Waals surface area contributed by atoms with E-state index >= 15 is 4.39 Å². The van der Waals surface area contributed by atoms with Crippen molar-refractivity contribution in [2.75, 3.05) is 23.8 Å². The van der Waals surface area contributed by atoms with Crippen LogP contribution in [0.25, 0.3) is 6.08 Å². The Hall–Kier alpha value is -3.13. The molecule has 2 heterocycles. The molecule has 0 radical (unpaired) electrons. The number of rotatable bonds is 4. The summed E-state index contributed by atoms with van der Waals surface area (Å²) in [5, 5.41) is 2.10. The molecule has 2 aromatic carbocycles. The van der Waals surface area contributed by atoms with Crippen LogP contribution in [-0.2, 0) is 9.59 Å². The van der Waals surface area contributed by atoms with Crippen molar-refractivity contribution in [3.8, 4) is 0 Å². The highest BCUT2D eigenvalue weighted by molar-refractivity contribution is 8.18. The number of fused-ring (bicyclic) bond motifs is 1. The Balaban J connectivity index is 1.55. The second-order valence-corrected chi connectivity index (χ2v) is 10.1. The minimum absolute atomic E-state index is 0.0939. The first-order valence-corrected chi connectivity index (χ1v) is 11.6. The van der Waals surface area contributed by atoms with Crippen LogP contribution in [0.2, 0.25) is 0 Å². The number of carbonyl (C=O) groups is 3. The third-order valence-electron chi connectivity index (χ3n) is 6.27. The van der Waals surface area contributed by atoms with Gasteiger partial charge in [-0.2, -0.15) is 0 Å². The predicted molar refractivity (Wildman–Crippen MR) is 130 cm³/mol. The van der Waals surface area contributed by atoms with E-state index in [9.17, 15) is 14.4 Å². The van der Waals surface area contributed by atoms with E-state index in [-0.39, 0.29) is 21.9 Å². The van der Waals surface area contributed by atoms with Gasteiger partial charge < -0.3 is 10.2 Å². The minimum atomic E-state index is -0.600. The number of imide groups is 1. The van der Waals surface area contributed by atoms with E-state index in [0.717, 1.165) is 22.6 Å². The van der Waals surface area contributed by atoms with Crippen LogP contribution in [0, 0.1) is 5.82 Å². The Kier molecular flexibility index (Phi) is 6.05. The van der Waals surface area contributed by atoms with E-state index in [1.165, 1.54) is 12.1 Å². The van der Waals surface area contributed by atoms with Crippen molar-refractivity contribution in [1.29, 1.82) is 0 Å². The Morgan fingerprint density at radius 3 is 2.64 bits per heavy atom. The largest absolute Gasteiger partial charge is 0.369 e. The van der Waals surface area contributed by atoms with Crippen molar-refractivity contribution >= 4 is 46.3 Å². The topological polar surface area (TPSA) is 69.7 Å². The molecule has 4 rings (SSSR count). The van der Waals surface area contributed by atoms with Crippen LogP contribution in [0.4, 0.5) is 20.6 Å². The van der Waals surface area contributed by atoms with E-state index in [1.54, 1.807) is 30.3 Å². The van der Waals surface area contributed by atoms with Crippen LogP contribution in [0.15, 0.2) is 47.4 Å². The Morgan fingerprint density at radius 2 is 1.94 bits per heavy atom. The van der Waals surface area contributed by atoms with Gasteiger partial charge in [0.05, 0.1) is 4.91 Å². The van der Waals surface area contributed by atoms with Gasteiger partial charge in [-0.15, -0.1) is 0 Å². The third-order valence-corrected chi connectivity index (χ3v) is 7.18. The van der Waals surface area contributed by atoms with Crippen molar-refractivity contribution in [3.63, 3.8) is 0 Å². The van der Waals surface area contributed by atoms with Crippen molar-refractivity contribution in [2.45, 2.75) is 38.6 Å². The zero-order valence-electron chi connectivity index (χ0n) is 19.0. The van der Waals surface area contributed by atoms with Gasteiger partial charge in [0.25, 0.3) is 11.1 Å². The maximum Gasteiger partial charge on any atom is 0.294 e. The summed E-state index contributed by atoms with van der Waals surface area (Å²) in [4.78, 5) is 40.6. The molecule has 2 aliphatic rings. The van der Waals surface area contributed by atoms with Crippen molar-refractivity contribution in [2.24, 2.45) is 0 Å². The van der Waals surface area contributed by atoms with Gasteiger partial charge in [-0.1, -0.05) is 25.1 Å². The fourth-order valence-corrected chi connectivity index (χ4v) is 5.19. The number of nitrogens with zero attached hydrogens (tertiary/aromatic N) is 2. The first-order chi connectivity index (χ1) is 15.6.